The summed E-state index contributed by atoms with van der Waals surface area (Å²) in [6, 6.07) is 14.4. The molecule has 41 heavy (non-hydrogen) atoms. The molecule has 3 aliphatic rings. The van der Waals surface area contributed by atoms with Gasteiger partial charge in [-0.15, -0.1) is 11.3 Å². The molecule has 2 saturated carbocycles. The number of rotatable bonds is 7. The normalized spacial score (nSPS) is 23.7. The lowest BCUT2D eigenvalue weighted by Gasteiger charge is -2.41. The molecule has 2 aliphatic carbocycles. The third-order valence-electron chi connectivity index (χ3n) is 8.50. The van der Waals surface area contributed by atoms with Crippen LogP contribution in [0.5, 0.6) is 5.88 Å². The van der Waals surface area contributed by atoms with Crippen LogP contribution in [0.1, 0.15) is 50.1 Å². The molecule has 1 aromatic carbocycles. The molecular weight excluding hydrogens is 558 g/mol. The predicted molar refractivity (Wildman–Crippen MR) is 163 cm³/mol. The van der Waals surface area contributed by atoms with E-state index in [9.17, 15) is 19.2 Å². The number of carbonyl (C=O) groups is 1. The standard InChI is InChI=1S/C30H35N5O4S2/c1-39-25-11-8-21(18-32-25)29-33-26(23-4-2-3-5-24(23)28(36)34-30(19-31)12-13-30)27(40-29)20-6-9-22(10-7-20)35-14-16-41(37,38)17-15-35/h6-11,18,23-24,37-38H,2-5,12-17H2,1H3,(H,34,36)/t23-,24-/m1/s1. The van der Waals surface area contributed by atoms with Gasteiger partial charge in [-0.2, -0.15) is 15.9 Å². The molecule has 2 atom stereocenters. The number of pyridine rings is 1. The smallest absolute Gasteiger partial charge is 0.225 e. The van der Waals surface area contributed by atoms with E-state index in [1.807, 2.05) is 12.1 Å². The Labute approximate surface area is 245 Å². The van der Waals surface area contributed by atoms with Crippen LogP contribution < -0.4 is 15.0 Å². The van der Waals surface area contributed by atoms with Gasteiger partial charge in [0.15, 0.2) is 0 Å². The van der Waals surface area contributed by atoms with E-state index in [0.29, 0.717) is 43.3 Å². The van der Waals surface area contributed by atoms with E-state index in [1.54, 1.807) is 24.6 Å². The molecule has 3 aromatic rings. The van der Waals surface area contributed by atoms with Crippen molar-refractivity contribution in [3.8, 4) is 33.0 Å². The van der Waals surface area contributed by atoms with Crippen LogP contribution in [-0.2, 0) is 4.79 Å². The summed E-state index contributed by atoms with van der Waals surface area (Å²) in [5.74, 6) is 1.01. The molecule has 0 radical (unpaired) electrons. The minimum absolute atomic E-state index is 0.0354. The SMILES string of the molecule is COc1ccc(-c2nc([C@@H]3CCCC[C@H]3C(=O)NC3(C#N)CC3)c(-c3ccc(N4CCS(O)(O)CC4)cc3)s2)cn1. The van der Waals surface area contributed by atoms with Crippen molar-refractivity contribution in [2.75, 3.05) is 36.6 Å². The van der Waals surface area contributed by atoms with Crippen LogP contribution in [0.25, 0.3) is 21.0 Å². The molecule has 1 aliphatic heterocycles. The fourth-order valence-electron chi connectivity index (χ4n) is 5.84. The average Bonchev–Trinajstić information content (AvgIpc) is 3.63. The van der Waals surface area contributed by atoms with Gasteiger partial charge in [-0.05, 0) is 49.4 Å². The van der Waals surface area contributed by atoms with Gasteiger partial charge in [-0.3, -0.25) is 13.9 Å². The molecule has 3 fully saturated rings. The quantitative estimate of drug-likeness (QED) is 0.309. The summed E-state index contributed by atoms with van der Waals surface area (Å²) in [5.41, 5.74) is 3.22. The maximum Gasteiger partial charge on any atom is 0.225 e. The highest BCUT2D eigenvalue weighted by atomic mass is 32.3. The first-order chi connectivity index (χ1) is 19.8. The van der Waals surface area contributed by atoms with Crippen molar-refractivity contribution < 1.29 is 18.6 Å². The number of aromatic nitrogens is 2. The van der Waals surface area contributed by atoms with Gasteiger partial charge < -0.3 is 15.0 Å². The number of carbonyl (C=O) groups excluding carboxylic acids is 1. The highest BCUT2D eigenvalue weighted by Crippen LogP contribution is 2.47. The second-order valence-corrected chi connectivity index (χ2v) is 14.7. The Hall–Kier alpha value is -3.17. The molecule has 11 heteroatoms. The monoisotopic (exact) mass is 593 g/mol. The highest BCUT2D eigenvalue weighted by molar-refractivity contribution is 8.24. The number of hydrogen-bond acceptors (Lipinski definition) is 9. The van der Waals surface area contributed by atoms with Crippen molar-refractivity contribution in [2.45, 2.75) is 50.0 Å². The first kappa shape index (κ1) is 28.0. The van der Waals surface area contributed by atoms with Crippen molar-refractivity contribution >= 4 is 33.5 Å². The molecule has 3 heterocycles. The fraction of sp³-hybridized carbons (Fsp3) is 0.467. The van der Waals surface area contributed by atoms with Gasteiger partial charge in [0.2, 0.25) is 11.8 Å². The van der Waals surface area contributed by atoms with Crippen molar-refractivity contribution in [3.63, 3.8) is 0 Å². The van der Waals surface area contributed by atoms with Crippen LogP contribution in [0.4, 0.5) is 5.69 Å². The maximum absolute atomic E-state index is 13.5. The molecular formula is C30H35N5O4S2. The number of benzene rings is 1. The topological polar surface area (TPSA) is 132 Å². The van der Waals surface area contributed by atoms with E-state index in [4.69, 9.17) is 9.72 Å². The van der Waals surface area contributed by atoms with Crippen molar-refractivity contribution in [3.05, 3.63) is 48.3 Å². The number of amides is 1. The van der Waals surface area contributed by atoms with Crippen LogP contribution >= 0.6 is 21.9 Å². The Morgan fingerprint density at radius 2 is 1.83 bits per heavy atom. The second-order valence-electron chi connectivity index (χ2n) is 11.2. The Morgan fingerprint density at radius 1 is 1.12 bits per heavy atom. The van der Waals surface area contributed by atoms with Crippen LogP contribution in [0.15, 0.2) is 42.6 Å². The largest absolute Gasteiger partial charge is 0.481 e. The number of nitrogens with zero attached hydrogens (tertiary/aromatic N) is 4. The average molecular weight is 594 g/mol. The first-order valence-electron chi connectivity index (χ1n) is 14.1. The van der Waals surface area contributed by atoms with Gasteiger partial charge >= 0.3 is 0 Å². The van der Waals surface area contributed by atoms with E-state index in [-0.39, 0.29) is 17.7 Å². The lowest BCUT2D eigenvalue weighted by Crippen LogP contribution is -2.42. The third-order valence-corrected chi connectivity index (χ3v) is 11.3. The zero-order chi connectivity index (χ0) is 28.6. The van der Waals surface area contributed by atoms with Crippen LogP contribution in [0.3, 0.4) is 0 Å². The molecule has 2 aromatic heterocycles. The number of thiazole rings is 1. The maximum atomic E-state index is 13.5. The molecule has 1 amide bonds. The van der Waals surface area contributed by atoms with Crippen LogP contribution in [-0.4, -0.2) is 62.2 Å². The molecule has 216 valence electrons. The zero-order valence-corrected chi connectivity index (χ0v) is 24.7. The summed E-state index contributed by atoms with van der Waals surface area (Å²) in [6.45, 7) is 1.23. The van der Waals surface area contributed by atoms with Gasteiger partial charge in [-0.25, -0.2) is 9.97 Å². The molecule has 0 bridgehead atoms. The van der Waals surface area contributed by atoms with Crippen LogP contribution in [0, 0.1) is 17.2 Å². The van der Waals surface area contributed by atoms with Crippen molar-refractivity contribution in [1.82, 2.24) is 15.3 Å². The fourth-order valence-corrected chi connectivity index (χ4v) is 8.20. The lowest BCUT2D eigenvalue weighted by atomic mass is 9.76. The summed E-state index contributed by atoms with van der Waals surface area (Å²) >= 11 is 1.61. The molecule has 1 saturated heterocycles. The number of hydrogen-bond donors (Lipinski definition) is 3. The molecule has 9 nitrogen and oxygen atoms in total. The minimum Gasteiger partial charge on any atom is -0.481 e. The third kappa shape index (κ3) is 5.93. The number of methoxy groups -OCH3 is 1. The summed E-state index contributed by atoms with van der Waals surface area (Å²) in [7, 11) is -0.865. The van der Waals surface area contributed by atoms with Gasteiger partial charge in [0.1, 0.15) is 10.5 Å². The van der Waals surface area contributed by atoms with Gasteiger partial charge in [-0.1, -0.05) is 25.0 Å². The Morgan fingerprint density at radius 3 is 2.46 bits per heavy atom. The van der Waals surface area contributed by atoms with Crippen molar-refractivity contribution in [1.29, 1.82) is 5.26 Å². The summed E-state index contributed by atoms with van der Waals surface area (Å²) in [6.07, 6.45) is 6.86. The Kier molecular flexibility index (Phi) is 7.68. The van der Waals surface area contributed by atoms with E-state index in [1.165, 1.54) is 0 Å². The summed E-state index contributed by atoms with van der Waals surface area (Å²) < 4.78 is 25.2. The van der Waals surface area contributed by atoms with E-state index in [0.717, 1.165) is 58.1 Å². The van der Waals surface area contributed by atoms with Crippen LogP contribution in [0.2, 0.25) is 0 Å². The molecule has 0 spiro atoms. The van der Waals surface area contributed by atoms with E-state index >= 15 is 0 Å². The Balaban J connectivity index is 1.34. The lowest BCUT2D eigenvalue weighted by molar-refractivity contribution is -0.127. The second kappa shape index (κ2) is 11.2. The molecule has 6 rings (SSSR count). The molecule has 0 unspecified atom stereocenters. The Bertz CT molecular complexity index is 1440. The first-order valence-corrected chi connectivity index (χ1v) is 16.8. The summed E-state index contributed by atoms with van der Waals surface area (Å²) in [4.78, 5) is 26.3. The number of ether oxygens (including phenoxy) is 1. The van der Waals surface area contributed by atoms with Gasteiger partial charge in [0, 0.05) is 48.4 Å². The molecule has 3 N–H and O–H groups in total. The highest BCUT2D eigenvalue weighted by Gasteiger charge is 2.47. The zero-order valence-electron chi connectivity index (χ0n) is 23.1. The van der Waals surface area contributed by atoms with E-state index < -0.39 is 16.1 Å². The minimum atomic E-state index is -2.45. The summed E-state index contributed by atoms with van der Waals surface area (Å²) in [5, 5.41) is 13.5. The number of nitriles is 1. The number of anilines is 1. The van der Waals surface area contributed by atoms with Gasteiger partial charge in [0.05, 0.1) is 35.3 Å². The number of nitrogens with one attached hydrogen (secondary N) is 1. The van der Waals surface area contributed by atoms with Gasteiger partial charge in [0.25, 0.3) is 0 Å². The van der Waals surface area contributed by atoms with Crippen molar-refractivity contribution in [2.24, 2.45) is 5.92 Å². The predicted octanol–water partition coefficient (Wildman–Crippen LogP) is 5.90. The van der Waals surface area contributed by atoms with E-state index in [2.05, 4.69) is 45.5 Å².